The third kappa shape index (κ3) is 8.76. The van der Waals surface area contributed by atoms with Crippen molar-refractivity contribution in [3.05, 3.63) is 60.7 Å². The SMILES string of the molecule is CN(CCOCCOCCO[Si](c1ccccc1)(c1ccccc1)C(C)(C)C)C(=O)OC(C)(C)C. The van der Waals surface area contributed by atoms with Crippen LogP contribution in [0.3, 0.4) is 0 Å². The molecule has 0 aromatic heterocycles. The molecule has 0 saturated heterocycles. The van der Waals surface area contributed by atoms with E-state index in [4.69, 9.17) is 18.6 Å². The van der Waals surface area contributed by atoms with Gasteiger partial charge in [-0.3, -0.25) is 0 Å². The lowest BCUT2D eigenvalue weighted by Crippen LogP contribution is -2.66. The molecule has 0 fully saturated rings. The molecule has 0 bridgehead atoms. The molecule has 0 unspecified atom stereocenters. The summed E-state index contributed by atoms with van der Waals surface area (Å²) in [6, 6.07) is 21.2. The highest BCUT2D eigenvalue weighted by Crippen LogP contribution is 2.36. The Bertz CT molecular complexity index is 838. The standard InChI is InChI=1S/C28H43NO5Si/c1-27(2,3)34-26(30)29(7)18-19-31-20-21-32-22-23-33-35(28(4,5)6,24-14-10-8-11-15-24)25-16-12-9-13-17-25/h8-17H,18-23H2,1-7H3. The molecule has 0 spiro atoms. The molecule has 6 nitrogen and oxygen atoms in total. The lowest BCUT2D eigenvalue weighted by atomic mass is 10.2. The quantitative estimate of drug-likeness (QED) is 0.317. The Morgan fingerprint density at radius 3 is 1.66 bits per heavy atom. The van der Waals surface area contributed by atoms with Crippen LogP contribution in [0.5, 0.6) is 0 Å². The van der Waals surface area contributed by atoms with Gasteiger partial charge >= 0.3 is 6.09 Å². The smallest absolute Gasteiger partial charge is 0.410 e. The third-order valence-corrected chi connectivity index (χ3v) is 10.7. The molecule has 0 aliphatic carbocycles. The molecule has 2 rings (SSSR count). The number of benzene rings is 2. The van der Waals surface area contributed by atoms with Crippen LogP contribution in [0.4, 0.5) is 4.79 Å². The fraction of sp³-hybridized carbons (Fsp3) is 0.536. The Morgan fingerprint density at radius 1 is 0.743 bits per heavy atom. The first-order chi connectivity index (χ1) is 16.5. The van der Waals surface area contributed by atoms with Gasteiger partial charge in [-0.2, -0.15) is 0 Å². The molecular weight excluding hydrogens is 458 g/mol. The minimum atomic E-state index is -2.53. The van der Waals surface area contributed by atoms with E-state index in [0.29, 0.717) is 39.6 Å². The predicted molar refractivity (Wildman–Crippen MR) is 144 cm³/mol. The molecular formula is C28H43NO5Si. The molecule has 35 heavy (non-hydrogen) atoms. The number of rotatable bonds is 12. The topological polar surface area (TPSA) is 57.2 Å². The fourth-order valence-corrected chi connectivity index (χ4v) is 8.51. The van der Waals surface area contributed by atoms with Crippen molar-refractivity contribution in [3.8, 4) is 0 Å². The Kier molecular flexibility index (Phi) is 11.0. The maximum absolute atomic E-state index is 12.0. The van der Waals surface area contributed by atoms with Gasteiger partial charge in [0.1, 0.15) is 5.60 Å². The molecule has 0 saturated carbocycles. The van der Waals surface area contributed by atoms with Gasteiger partial charge in [0.05, 0.1) is 33.0 Å². The number of nitrogens with zero attached hydrogens (tertiary/aromatic N) is 1. The van der Waals surface area contributed by atoms with E-state index in [-0.39, 0.29) is 11.1 Å². The summed E-state index contributed by atoms with van der Waals surface area (Å²) in [7, 11) is -0.827. The zero-order chi connectivity index (χ0) is 26.0. The average molecular weight is 502 g/mol. The molecule has 7 heteroatoms. The summed E-state index contributed by atoms with van der Waals surface area (Å²) in [5.74, 6) is 0. The molecule has 0 radical (unpaired) electrons. The molecule has 0 heterocycles. The highest BCUT2D eigenvalue weighted by atomic mass is 28.4. The van der Waals surface area contributed by atoms with E-state index in [1.807, 2.05) is 32.9 Å². The number of likely N-dealkylation sites (N-methyl/N-ethyl adjacent to an activating group) is 1. The van der Waals surface area contributed by atoms with Crippen LogP contribution in [-0.4, -0.2) is 71.5 Å². The Hall–Kier alpha value is -2.19. The van der Waals surface area contributed by atoms with Crippen molar-refractivity contribution in [2.24, 2.45) is 0 Å². The number of amides is 1. The second kappa shape index (κ2) is 13.2. The van der Waals surface area contributed by atoms with E-state index in [9.17, 15) is 4.79 Å². The lowest BCUT2D eigenvalue weighted by Gasteiger charge is -2.43. The lowest BCUT2D eigenvalue weighted by molar-refractivity contribution is 0.0131. The van der Waals surface area contributed by atoms with Crippen molar-refractivity contribution >= 4 is 24.8 Å². The van der Waals surface area contributed by atoms with Crippen LogP contribution >= 0.6 is 0 Å². The van der Waals surface area contributed by atoms with Crippen molar-refractivity contribution in [3.63, 3.8) is 0 Å². The molecule has 0 aliphatic rings. The largest absolute Gasteiger partial charge is 0.444 e. The van der Waals surface area contributed by atoms with Crippen LogP contribution in [-0.2, 0) is 18.6 Å². The van der Waals surface area contributed by atoms with Crippen LogP contribution in [0, 0.1) is 0 Å². The summed E-state index contributed by atoms with van der Waals surface area (Å²) in [5.41, 5.74) is -0.503. The first-order valence-corrected chi connectivity index (χ1v) is 14.2. The molecule has 0 N–H and O–H groups in total. The van der Waals surface area contributed by atoms with Crippen LogP contribution in [0.2, 0.25) is 5.04 Å². The van der Waals surface area contributed by atoms with Gasteiger partial charge in [-0.05, 0) is 36.2 Å². The van der Waals surface area contributed by atoms with Crippen molar-refractivity contribution in [2.45, 2.75) is 52.2 Å². The van der Waals surface area contributed by atoms with Crippen LogP contribution < -0.4 is 10.4 Å². The summed E-state index contributed by atoms with van der Waals surface area (Å²) in [5, 5.41) is 2.46. The Labute approximate surface area is 212 Å². The minimum Gasteiger partial charge on any atom is -0.444 e. The number of carbonyl (C=O) groups excluding carboxylic acids is 1. The molecule has 2 aromatic rings. The molecule has 1 amide bonds. The average Bonchev–Trinajstić information content (AvgIpc) is 2.79. The van der Waals surface area contributed by atoms with Crippen molar-refractivity contribution in [2.75, 3.05) is 46.6 Å². The Balaban J connectivity index is 1.83. The van der Waals surface area contributed by atoms with Crippen LogP contribution in [0.25, 0.3) is 0 Å². The maximum Gasteiger partial charge on any atom is 0.410 e. The fourth-order valence-electron chi connectivity index (χ4n) is 3.97. The highest BCUT2D eigenvalue weighted by Gasteiger charge is 2.49. The first-order valence-electron chi connectivity index (χ1n) is 12.3. The van der Waals surface area contributed by atoms with Crippen molar-refractivity contribution in [1.82, 2.24) is 4.90 Å². The maximum atomic E-state index is 12.0. The van der Waals surface area contributed by atoms with Gasteiger partial charge in [-0.1, -0.05) is 81.4 Å². The summed E-state index contributed by atoms with van der Waals surface area (Å²) in [4.78, 5) is 13.5. The number of carbonyl (C=O) groups is 1. The normalized spacial score (nSPS) is 12.4. The zero-order valence-corrected chi connectivity index (χ0v) is 23.5. The van der Waals surface area contributed by atoms with E-state index in [1.165, 1.54) is 15.3 Å². The third-order valence-electron chi connectivity index (χ3n) is 5.61. The highest BCUT2D eigenvalue weighted by molar-refractivity contribution is 6.99. The van der Waals surface area contributed by atoms with Crippen molar-refractivity contribution < 1.29 is 23.4 Å². The number of ether oxygens (including phenoxy) is 3. The van der Waals surface area contributed by atoms with Crippen LogP contribution in [0.1, 0.15) is 41.5 Å². The zero-order valence-electron chi connectivity index (χ0n) is 22.5. The minimum absolute atomic E-state index is 0.0566. The van der Waals surface area contributed by atoms with E-state index in [2.05, 4.69) is 69.3 Å². The van der Waals surface area contributed by atoms with Gasteiger partial charge in [-0.15, -0.1) is 0 Å². The van der Waals surface area contributed by atoms with E-state index < -0.39 is 13.9 Å². The molecule has 2 aromatic carbocycles. The number of hydrogen-bond donors (Lipinski definition) is 0. The van der Waals surface area contributed by atoms with Gasteiger partial charge in [0.2, 0.25) is 0 Å². The van der Waals surface area contributed by atoms with E-state index in [0.717, 1.165) is 0 Å². The predicted octanol–water partition coefficient (Wildman–Crippen LogP) is 4.46. The van der Waals surface area contributed by atoms with E-state index in [1.54, 1.807) is 7.05 Å². The van der Waals surface area contributed by atoms with Gasteiger partial charge in [0, 0.05) is 13.6 Å². The summed E-state index contributed by atoms with van der Waals surface area (Å²) < 4.78 is 23.6. The second-order valence-corrected chi connectivity index (χ2v) is 14.9. The second-order valence-electron chi connectivity index (χ2n) is 10.6. The van der Waals surface area contributed by atoms with Crippen molar-refractivity contribution in [1.29, 1.82) is 0 Å². The monoisotopic (exact) mass is 501 g/mol. The van der Waals surface area contributed by atoms with E-state index >= 15 is 0 Å². The first kappa shape index (κ1) is 29.0. The summed E-state index contributed by atoms with van der Waals surface area (Å²) in [6.45, 7) is 15.2. The van der Waals surface area contributed by atoms with Gasteiger partial charge < -0.3 is 23.5 Å². The van der Waals surface area contributed by atoms with Gasteiger partial charge in [-0.25, -0.2) is 4.79 Å². The number of hydrogen-bond acceptors (Lipinski definition) is 5. The molecule has 0 atom stereocenters. The molecule has 0 aliphatic heterocycles. The molecule has 194 valence electrons. The van der Waals surface area contributed by atoms with Crippen LogP contribution in [0.15, 0.2) is 60.7 Å². The van der Waals surface area contributed by atoms with Gasteiger partial charge in [0.25, 0.3) is 8.32 Å². The summed E-state index contributed by atoms with van der Waals surface area (Å²) >= 11 is 0. The van der Waals surface area contributed by atoms with Gasteiger partial charge in [0.15, 0.2) is 0 Å². The summed E-state index contributed by atoms with van der Waals surface area (Å²) in [6.07, 6.45) is -0.349. The Morgan fingerprint density at radius 2 is 1.20 bits per heavy atom.